The Bertz CT molecular complexity index is 1080. The quantitative estimate of drug-likeness (QED) is 0.743. The molecule has 1 atom stereocenters. The number of hydrogen-bond donors (Lipinski definition) is 1. The Balaban J connectivity index is 1.83. The molecule has 1 spiro atoms. The van der Waals surface area contributed by atoms with Crippen LogP contribution in [0.15, 0.2) is 54.6 Å². The van der Waals surface area contributed by atoms with Gasteiger partial charge in [-0.15, -0.1) is 0 Å². The number of para-hydroxylation sites is 2. The van der Waals surface area contributed by atoms with Gasteiger partial charge in [0.15, 0.2) is 5.54 Å². The van der Waals surface area contributed by atoms with Crippen molar-refractivity contribution in [3.8, 4) is 5.69 Å². The topological polar surface area (TPSA) is 37.3 Å². The third-order valence-corrected chi connectivity index (χ3v) is 6.41. The zero-order valence-corrected chi connectivity index (χ0v) is 16.6. The number of anilines is 1. The number of nitrogens with zero attached hydrogens (tertiary/aromatic N) is 2. The van der Waals surface area contributed by atoms with Crippen molar-refractivity contribution in [3.05, 3.63) is 82.7 Å². The van der Waals surface area contributed by atoms with E-state index in [1.807, 2.05) is 30.0 Å². The molecule has 0 saturated heterocycles. The molecule has 3 aromatic rings. The summed E-state index contributed by atoms with van der Waals surface area (Å²) in [4.78, 5) is 15.7. The maximum absolute atomic E-state index is 13.8. The van der Waals surface area contributed by atoms with Crippen LogP contribution in [0, 0.1) is 13.8 Å². The maximum atomic E-state index is 13.8. The van der Waals surface area contributed by atoms with Gasteiger partial charge < -0.3 is 9.47 Å². The predicted octanol–water partition coefficient (Wildman–Crippen LogP) is 3.85. The SMILES string of the molecule is CCN1C(=O)[C@@]2(NCCc3c2c(C)n(-c2ccccc2)c3C)c2ccccc21. The average Bonchev–Trinajstić information content (AvgIpc) is 3.12. The second-order valence-corrected chi connectivity index (χ2v) is 7.69. The molecule has 2 aliphatic heterocycles. The van der Waals surface area contributed by atoms with Gasteiger partial charge in [0, 0.05) is 47.0 Å². The normalized spacial score (nSPS) is 20.5. The van der Waals surface area contributed by atoms with E-state index in [-0.39, 0.29) is 5.91 Å². The molecule has 2 aliphatic rings. The largest absolute Gasteiger partial charge is 0.318 e. The molecule has 0 fully saturated rings. The molecule has 0 aliphatic carbocycles. The lowest BCUT2D eigenvalue weighted by atomic mass is 9.78. The molecule has 0 saturated carbocycles. The Morgan fingerprint density at radius 2 is 1.71 bits per heavy atom. The smallest absolute Gasteiger partial charge is 0.256 e. The van der Waals surface area contributed by atoms with Gasteiger partial charge in [-0.05, 0) is 51.0 Å². The van der Waals surface area contributed by atoms with Gasteiger partial charge in [0.1, 0.15) is 0 Å². The third-order valence-electron chi connectivity index (χ3n) is 6.41. The standard InChI is InChI=1S/C24H25N3O/c1-4-26-21-13-9-8-12-20(21)24(23(26)28)22-17(3)27(18-10-6-5-7-11-18)16(2)19(22)14-15-25-24/h5-13,25H,4,14-15H2,1-3H3/t24-/m1/s1. The summed E-state index contributed by atoms with van der Waals surface area (Å²) in [5.74, 6) is 0.144. The molecular formula is C24H25N3O. The molecule has 0 unspecified atom stereocenters. The highest BCUT2D eigenvalue weighted by atomic mass is 16.2. The Morgan fingerprint density at radius 1 is 1.00 bits per heavy atom. The van der Waals surface area contributed by atoms with Crippen LogP contribution in [0.1, 0.15) is 35.0 Å². The molecule has 1 aromatic heterocycles. The van der Waals surface area contributed by atoms with Crippen LogP contribution < -0.4 is 10.2 Å². The minimum atomic E-state index is -0.783. The van der Waals surface area contributed by atoms with Gasteiger partial charge in [0.2, 0.25) is 0 Å². The van der Waals surface area contributed by atoms with Crippen molar-refractivity contribution in [3.63, 3.8) is 0 Å². The zero-order valence-electron chi connectivity index (χ0n) is 16.6. The van der Waals surface area contributed by atoms with Gasteiger partial charge in [-0.1, -0.05) is 36.4 Å². The van der Waals surface area contributed by atoms with Crippen molar-refractivity contribution in [1.82, 2.24) is 9.88 Å². The number of carbonyl (C=O) groups is 1. The minimum Gasteiger partial charge on any atom is -0.318 e. The van der Waals surface area contributed by atoms with Crippen molar-refractivity contribution in [2.45, 2.75) is 32.7 Å². The van der Waals surface area contributed by atoms with Crippen LogP contribution in [0.5, 0.6) is 0 Å². The number of likely N-dealkylation sites (N-methyl/N-ethyl adjacent to an activating group) is 1. The van der Waals surface area contributed by atoms with E-state index in [1.165, 1.54) is 11.3 Å². The Labute approximate surface area is 165 Å². The first-order valence-corrected chi connectivity index (χ1v) is 10.0. The van der Waals surface area contributed by atoms with Crippen molar-refractivity contribution in [1.29, 1.82) is 0 Å². The first kappa shape index (κ1) is 17.3. The molecule has 0 bridgehead atoms. The molecule has 4 heteroatoms. The number of amides is 1. The summed E-state index contributed by atoms with van der Waals surface area (Å²) in [6.45, 7) is 7.85. The fraction of sp³-hybridized carbons (Fsp3) is 0.292. The Morgan fingerprint density at radius 3 is 2.46 bits per heavy atom. The molecule has 5 rings (SSSR count). The molecule has 0 radical (unpaired) electrons. The predicted molar refractivity (Wildman–Crippen MR) is 112 cm³/mol. The summed E-state index contributed by atoms with van der Waals surface area (Å²) in [5.41, 5.74) is 7.31. The highest BCUT2D eigenvalue weighted by molar-refractivity contribution is 6.10. The number of nitrogens with one attached hydrogen (secondary N) is 1. The Kier molecular flexibility index (Phi) is 3.75. The van der Waals surface area contributed by atoms with Crippen LogP contribution in [0.25, 0.3) is 5.69 Å². The molecule has 28 heavy (non-hydrogen) atoms. The average molecular weight is 371 g/mol. The van der Waals surface area contributed by atoms with Gasteiger partial charge in [0.05, 0.1) is 0 Å². The first-order valence-electron chi connectivity index (χ1n) is 10.0. The van der Waals surface area contributed by atoms with E-state index in [9.17, 15) is 4.79 Å². The number of carbonyl (C=O) groups excluding carboxylic acids is 1. The molecule has 1 amide bonds. The van der Waals surface area contributed by atoms with Crippen LogP contribution in [0.2, 0.25) is 0 Å². The molecule has 4 nitrogen and oxygen atoms in total. The molecule has 1 N–H and O–H groups in total. The van der Waals surface area contributed by atoms with Crippen molar-refractivity contribution in [2.75, 3.05) is 18.0 Å². The van der Waals surface area contributed by atoms with Crippen molar-refractivity contribution >= 4 is 11.6 Å². The van der Waals surface area contributed by atoms with Crippen molar-refractivity contribution < 1.29 is 4.79 Å². The molecule has 142 valence electrons. The fourth-order valence-electron chi connectivity index (χ4n) is 5.31. The van der Waals surface area contributed by atoms with E-state index in [0.717, 1.165) is 41.2 Å². The number of hydrogen-bond acceptors (Lipinski definition) is 2. The van der Waals surface area contributed by atoms with Gasteiger partial charge in [-0.2, -0.15) is 0 Å². The summed E-state index contributed by atoms with van der Waals surface area (Å²) in [5, 5.41) is 3.65. The van der Waals surface area contributed by atoms with Crippen LogP contribution in [0.4, 0.5) is 5.69 Å². The molecule has 2 aromatic carbocycles. The summed E-state index contributed by atoms with van der Waals surface area (Å²) in [7, 11) is 0. The van der Waals surface area contributed by atoms with Crippen LogP contribution in [-0.2, 0) is 16.8 Å². The first-order chi connectivity index (χ1) is 13.6. The van der Waals surface area contributed by atoms with Crippen molar-refractivity contribution in [2.24, 2.45) is 0 Å². The number of aromatic nitrogens is 1. The summed E-state index contributed by atoms with van der Waals surface area (Å²) in [6.07, 6.45) is 0.936. The highest BCUT2D eigenvalue weighted by Crippen LogP contribution is 2.49. The lowest BCUT2D eigenvalue weighted by Gasteiger charge is -2.35. The van der Waals surface area contributed by atoms with E-state index in [4.69, 9.17) is 0 Å². The van der Waals surface area contributed by atoms with Crippen LogP contribution in [0.3, 0.4) is 0 Å². The summed E-state index contributed by atoms with van der Waals surface area (Å²) in [6, 6.07) is 18.7. The van der Waals surface area contributed by atoms with E-state index in [1.54, 1.807) is 0 Å². The third kappa shape index (κ3) is 2.01. The monoisotopic (exact) mass is 371 g/mol. The van der Waals surface area contributed by atoms with Gasteiger partial charge in [-0.3, -0.25) is 10.1 Å². The fourth-order valence-corrected chi connectivity index (χ4v) is 5.31. The maximum Gasteiger partial charge on any atom is 0.256 e. The number of fused-ring (bicyclic) bond motifs is 4. The van der Waals surface area contributed by atoms with E-state index < -0.39 is 5.54 Å². The number of rotatable bonds is 2. The van der Waals surface area contributed by atoms with Gasteiger partial charge in [0.25, 0.3) is 5.91 Å². The summed E-state index contributed by atoms with van der Waals surface area (Å²) >= 11 is 0. The van der Waals surface area contributed by atoms with E-state index in [0.29, 0.717) is 6.54 Å². The highest BCUT2D eigenvalue weighted by Gasteiger charge is 2.55. The lowest BCUT2D eigenvalue weighted by Crippen LogP contribution is -2.55. The van der Waals surface area contributed by atoms with E-state index >= 15 is 0 Å². The van der Waals surface area contributed by atoms with Gasteiger partial charge >= 0.3 is 0 Å². The van der Waals surface area contributed by atoms with Gasteiger partial charge in [-0.25, -0.2) is 0 Å². The molecular weight excluding hydrogens is 346 g/mol. The van der Waals surface area contributed by atoms with Crippen LogP contribution >= 0.6 is 0 Å². The Hall–Kier alpha value is -2.85. The second-order valence-electron chi connectivity index (χ2n) is 7.69. The summed E-state index contributed by atoms with van der Waals surface area (Å²) < 4.78 is 2.31. The molecule has 3 heterocycles. The minimum absolute atomic E-state index is 0.144. The van der Waals surface area contributed by atoms with Crippen LogP contribution in [-0.4, -0.2) is 23.6 Å². The second kappa shape index (κ2) is 6.08. The number of benzene rings is 2. The van der Waals surface area contributed by atoms with E-state index in [2.05, 4.69) is 60.1 Å². The zero-order chi connectivity index (χ0) is 19.5. The lowest BCUT2D eigenvalue weighted by molar-refractivity contribution is -0.123.